The Hall–Kier alpha value is -2.83. The predicted octanol–water partition coefficient (Wildman–Crippen LogP) is 1.28. The number of aryl methyl sites for hydroxylation is 2. The van der Waals surface area contributed by atoms with Gasteiger partial charge in [0.1, 0.15) is 0 Å². The number of nitrogens with one attached hydrogen (secondary N) is 1. The van der Waals surface area contributed by atoms with Crippen LogP contribution in [-0.4, -0.2) is 29.0 Å². The van der Waals surface area contributed by atoms with Crippen molar-refractivity contribution in [2.75, 3.05) is 13.3 Å². The molecule has 7 heteroatoms. The first-order valence-electron chi connectivity index (χ1n) is 8.48. The number of nitrogens with zero attached hydrogens (tertiary/aromatic N) is 2. The number of benzene rings is 1. The molecule has 2 heterocycles. The van der Waals surface area contributed by atoms with E-state index >= 15 is 0 Å². The lowest BCUT2D eigenvalue weighted by Crippen LogP contribution is -2.33. The van der Waals surface area contributed by atoms with Crippen molar-refractivity contribution >= 4 is 5.91 Å². The van der Waals surface area contributed by atoms with E-state index in [4.69, 9.17) is 9.47 Å². The van der Waals surface area contributed by atoms with E-state index in [1.165, 1.54) is 4.68 Å². The maximum Gasteiger partial charge on any atom is 0.267 e. The molecule has 1 aromatic heterocycles. The minimum absolute atomic E-state index is 0.113. The highest BCUT2D eigenvalue weighted by Crippen LogP contribution is 2.32. The van der Waals surface area contributed by atoms with Crippen molar-refractivity contribution in [2.45, 2.75) is 32.2 Å². The van der Waals surface area contributed by atoms with Gasteiger partial charge < -0.3 is 14.8 Å². The van der Waals surface area contributed by atoms with Crippen LogP contribution in [0.25, 0.3) is 0 Å². The van der Waals surface area contributed by atoms with E-state index in [1.807, 2.05) is 0 Å². The summed E-state index contributed by atoms with van der Waals surface area (Å²) in [5.74, 6) is 0.992. The summed E-state index contributed by atoms with van der Waals surface area (Å²) in [5, 5.41) is 7.26. The van der Waals surface area contributed by atoms with E-state index in [1.54, 1.807) is 24.3 Å². The van der Waals surface area contributed by atoms with Crippen LogP contribution >= 0.6 is 0 Å². The van der Waals surface area contributed by atoms with Crippen LogP contribution in [-0.2, 0) is 19.4 Å². The monoisotopic (exact) mass is 341 g/mol. The van der Waals surface area contributed by atoms with Crippen LogP contribution in [0.5, 0.6) is 11.5 Å². The van der Waals surface area contributed by atoms with Crippen molar-refractivity contribution in [2.24, 2.45) is 0 Å². The smallest absolute Gasteiger partial charge is 0.267 e. The van der Waals surface area contributed by atoms with Gasteiger partial charge in [-0.25, -0.2) is 4.68 Å². The van der Waals surface area contributed by atoms with Gasteiger partial charge in [-0.15, -0.1) is 0 Å². The number of hydrogen-bond donors (Lipinski definition) is 1. The quantitative estimate of drug-likeness (QED) is 0.906. The number of aromatic nitrogens is 2. The number of carbonyl (C=O) groups is 1. The molecule has 1 aliphatic carbocycles. The molecule has 0 saturated carbocycles. The maximum absolute atomic E-state index is 12.2. The Morgan fingerprint density at radius 2 is 2.00 bits per heavy atom. The highest BCUT2D eigenvalue weighted by atomic mass is 16.7. The number of hydrogen-bond acceptors (Lipinski definition) is 5. The van der Waals surface area contributed by atoms with Crippen LogP contribution in [0.4, 0.5) is 0 Å². The van der Waals surface area contributed by atoms with Crippen molar-refractivity contribution in [3.8, 4) is 11.5 Å². The zero-order chi connectivity index (χ0) is 17.2. The van der Waals surface area contributed by atoms with Gasteiger partial charge in [0.05, 0.1) is 12.2 Å². The Labute approximate surface area is 144 Å². The number of rotatable bonds is 4. The fourth-order valence-electron chi connectivity index (χ4n) is 3.18. The Kier molecular flexibility index (Phi) is 4.13. The molecule has 25 heavy (non-hydrogen) atoms. The molecule has 1 aromatic carbocycles. The number of amides is 1. The predicted molar refractivity (Wildman–Crippen MR) is 90.0 cm³/mol. The van der Waals surface area contributed by atoms with Crippen LogP contribution in [0.1, 0.15) is 34.5 Å². The Balaban J connectivity index is 1.39. The van der Waals surface area contributed by atoms with Gasteiger partial charge in [-0.05, 0) is 49.4 Å². The second kappa shape index (κ2) is 6.58. The highest BCUT2D eigenvalue weighted by molar-refractivity contribution is 5.94. The van der Waals surface area contributed by atoms with Gasteiger partial charge in [-0.2, -0.15) is 5.10 Å². The van der Waals surface area contributed by atoms with E-state index < -0.39 is 0 Å². The van der Waals surface area contributed by atoms with Gasteiger partial charge in [0.25, 0.3) is 11.5 Å². The maximum atomic E-state index is 12.2. The van der Waals surface area contributed by atoms with Gasteiger partial charge in [-0.1, -0.05) is 0 Å². The summed E-state index contributed by atoms with van der Waals surface area (Å²) in [6.45, 7) is 0.856. The molecular formula is C18H19N3O4. The Morgan fingerprint density at radius 3 is 2.92 bits per heavy atom. The fraction of sp³-hybridized carbons (Fsp3) is 0.389. The normalized spacial score (nSPS) is 14.9. The van der Waals surface area contributed by atoms with Crippen molar-refractivity contribution < 1.29 is 14.3 Å². The van der Waals surface area contributed by atoms with Crippen molar-refractivity contribution in [1.82, 2.24) is 15.1 Å². The summed E-state index contributed by atoms with van der Waals surface area (Å²) < 4.78 is 11.9. The molecule has 0 saturated heterocycles. The third-order valence-electron chi connectivity index (χ3n) is 4.52. The minimum atomic E-state index is -0.218. The average Bonchev–Trinajstić information content (AvgIpc) is 3.09. The topological polar surface area (TPSA) is 82.5 Å². The third-order valence-corrected chi connectivity index (χ3v) is 4.52. The van der Waals surface area contributed by atoms with Crippen molar-refractivity contribution in [3.05, 3.63) is 51.4 Å². The summed E-state index contributed by atoms with van der Waals surface area (Å²) in [6, 6.07) is 6.74. The highest BCUT2D eigenvalue weighted by Gasteiger charge is 2.16. The van der Waals surface area contributed by atoms with E-state index in [2.05, 4.69) is 10.4 Å². The van der Waals surface area contributed by atoms with Crippen LogP contribution in [0, 0.1) is 0 Å². The van der Waals surface area contributed by atoms with Crippen LogP contribution < -0.4 is 20.3 Å². The lowest BCUT2D eigenvalue weighted by Gasteiger charge is -2.16. The first-order chi connectivity index (χ1) is 12.2. The van der Waals surface area contributed by atoms with Gasteiger partial charge in [0, 0.05) is 18.2 Å². The van der Waals surface area contributed by atoms with Gasteiger partial charge in [-0.3, -0.25) is 9.59 Å². The summed E-state index contributed by atoms with van der Waals surface area (Å²) in [7, 11) is 0. The first-order valence-corrected chi connectivity index (χ1v) is 8.48. The van der Waals surface area contributed by atoms with E-state index in [0.29, 0.717) is 30.2 Å². The largest absolute Gasteiger partial charge is 0.454 e. The van der Waals surface area contributed by atoms with E-state index in [0.717, 1.165) is 36.9 Å². The standard InChI is InChI=1S/C18H19N3O4/c22-17-10-12-3-1-2-4-14(12)20-21(17)8-7-19-18(23)13-5-6-15-16(9-13)25-11-24-15/h5-6,9-10H,1-4,7-8,11H2,(H,19,23). The molecule has 0 unspecified atom stereocenters. The van der Waals surface area contributed by atoms with E-state index in [-0.39, 0.29) is 18.3 Å². The minimum Gasteiger partial charge on any atom is -0.454 e. The Bertz CT molecular complexity index is 875. The molecule has 0 radical (unpaired) electrons. The molecule has 0 atom stereocenters. The van der Waals surface area contributed by atoms with Crippen LogP contribution in [0.2, 0.25) is 0 Å². The summed E-state index contributed by atoms with van der Waals surface area (Å²) in [5.41, 5.74) is 2.46. The molecular weight excluding hydrogens is 322 g/mol. The molecule has 0 spiro atoms. The SMILES string of the molecule is O=C(NCCn1nc2c(cc1=O)CCCC2)c1ccc2c(c1)OCO2. The third kappa shape index (κ3) is 3.22. The van der Waals surface area contributed by atoms with Crippen LogP contribution in [0.3, 0.4) is 0 Å². The lowest BCUT2D eigenvalue weighted by atomic mass is 9.97. The molecule has 2 aromatic rings. The zero-order valence-electron chi connectivity index (χ0n) is 13.8. The van der Waals surface area contributed by atoms with Gasteiger partial charge >= 0.3 is 0 Å². The molecule has 1 aliphatic heterocycles. The number of fused-ring (bicyclic) bond motifs is 2. The molecule has 130 valence electrons. The van der Waals surface area contributed by atoms with Crippen molar-refractivity contribution in [1.29, 1.82) is 0 Å². The number of carbonyl (C=O) groups excluding carboxylic acids is 1. The zero-order valence-corrected chi connectivity index (χ0v) is 13.8. The molecule has 1 N–H and O–H groups in total. The summed E-state index contributed by atoms with van der Waals surface area (Å²) in [6.07, 6.45) is 4.07. The summed E-state index contributed by atoms with van der Waals surface area (Å²) >= 11 is 0. The summed E-state index contributed by atoms with van der Waals surface area (Å²) in [4.78, 5) is 24.4. The Morgan fingerprint density at radius 1 is 1.16 bits per heavy atom. The van der Waals surface area contributed by atoms with Crippen LogP contribution in [0.15, 0.2) is 29.1 Å². The number of ether oxygens (including phenoxy) is 2. The lowest BCUT2D eigenvalue weighted by molar-refractivity contribution is 0.0951. The van der Waals surface area contributed by atoms with Gasteiger partial charge in [0.2, 0.25) is 6.79 Å². The molecule has 2 aliphatic rings. The fourth-order valence-corrected chi connectivity index (χ4v) is 3.18. The molecule has 0 fully saturated rings. The van der Waals surface area contributed by atoms with Gasteiger partial charge in [0.15, 0.2) is 11.5 Å². The molecule has 1 amide bonds. The molecule has 7 nitrogen and oxygen atoms in total. The van der Waals surface area contributed by atoms with Crippen molar-refractivity contribution in [3.63, 3.8) is 0 Å². The second-order valence-electron chi connectivity index (χ2n) is 6.21. The second-order valence-corrected chi connectivity index (χ2v) is 6.21. The molecule has 4 rings (SSSR count). The molecule has 0 bridgehead atoms. The average molecular weight is 341 g/mol. The van der Waals surface area contributed by atoms with E-state index in [9.17, 15) is 9.59 Å². The first kappa shape index (κ1) is 15.7.